The van der Waals surface area contributed by atoms with Crippen LogP contribution in [0.4, 0.5) is 0 Å². The lowest BCUT2D eigenvalue weighted by molar-refractivity contribution is -0.122. The molecule has 1 amide bonds. The van der Waals surface area contributed by atoms with E-state index in [2.05, 4.69) is 5.43 Å². The van der Waals surface area contributed by atoms with E-state index in [9.17, 15) is 4.79 Å². The third-order valence-corrected chi connectivity index (χ3v) is 1.19. The average Bonchev–Trinajstić information content (AvgIpc) is 1.90. The van der Waals surface area contributed by atoms with Crippen molar-refractivity contribution in [2.24, 2.45) is 5.73 Å². The van der Waals surface area contributed by atoms with Gasteiger partial charge in [0.2, 0.25) is 6.41 Å². The Morgan fingerprint density at radius 2 is 2.44 bits per heavy atom. The van der Waals surface area contributed by atoms with Gasteiger partial charge in [0.1, 0.15) is 0 Å². The van der Waals surface area contributed by atoms with Crippen LogP contribution in [0.1, 0.15) is 6.92 Å². The highest BCUT2D eigenvalue weighted by atomic mass is 16.1. The summed E-state index contributed by atoms with van der Waals surface area (Å²) in [6.07, 6.45) is 0.720. The molecule has 9 heavy (non-hydrogen) atoms. The van der Waals surface area contributed by atoms with Crippen LogP contribution in [0.5, 0.6) is 0 Å². The molecule has 0 aromatic carbocycles. The minimum absolute atomic E-state index is 0.0625. The van der Waals surface area contributed by atoms with Crippen molar-refractivity contribution in [2.45, 2.75) is 13.0 Å². The van der Waals surface area contributed by atoms with Gasteiger partial charge >= 0.3 is 0 Å². The van der Waals surface area contributed by atoms with Crippen LogP contribution in [0.2, 0.25) is 0 Å². The van der Waals surface area contributed by atoms with Crippen LogP contribution in [0.15, 0.2) is 0 Å². The number of amides is 1. The van der Waals surface area contributed by atoms with Gasteiger partial charge < -0.3 is 5.73 Å². The molecule has 0 aliphatic rings. The summed E-state index contributed by atoms with van der Waals surface area (Å²) in [7, 11) is 1.68. The standard InChI is InChI=1S/C5H13N3O/c1-5(3-6)8(4-9)7-2/h4-5,7H,3,6H2,1-2H3. The molecule has 4 nitrogen and oxygen atoms in total. The molecule has 0 aromatic heterocycles. The molecule has 0 heterocycles. The van der Waals surface area contributed by atoms with E-state index in [4.69, 9.17) is 5.73 Å². The molecule has 54 valence electrons. The first-order chi connectivity index (χ1) is 4.26. The number of nitrogens with zero attached hydrogens (tertiary/aromatic N) is 1. The molecule has 1 atom stereocenters. The zero-order valence-corrected chi connectivity index (χ0v) is 5.79. The second-order valence-corrected chi connectivity index (χ2v) is 1.82. The Morgan fingerprint density at radius 3 is 2.56 bits per heavy atom. The van der Waals surface area contributed by atoms with E-state index in [1.165, 1.54) is 5.01 Å². The molecule has 0 aliphatic heterocycles. The van der Waals surface area contributed by atoms with Gasteiger partial charge in [-0.1, -0.05) is 0 Å². The summed E-state index contributed by atoms with van der Waals surface area (Å²) in [6, 6.07) is 0.0625. The topological polar surface area (TPSA) is 58.4 Å². The number of hydrogen-bond donors (Lipinski definition) is 2. The molecule has 0 aromatic rings. The predicted molar refractivity (Wildman–Crippen MR) is 35.5 cm³/mol. The second kappa shape index (κ2) is 4.29. The van der Waals surface area contributed by atoms with Crippen molar-refractivity contribution < 1.29 is 4.79 Å². The molecule has 0 rings (SSSR count). The Balaban J connectivity index is 3.63. The number of carbonyl (C=O) groups is 1. The van der Waals surface area contributed by atoms with E-state index < -0.39 is 0 Å². The minimum Gasteiger partial charge on any atom is -0.328 e. The Morgan fingerprint density at radius 1 is 1.89 bits per heavy atom. The lowest BCUT2D eigenvalue weighted by Gasteiger charge is -2.21. The second-order valence-electron chi connectivity index (χ2n) is 1.82. The fourth-order valence-electron chi connectivity index (χ4n) is 0.491. The third kappa shape index (κ3) is 2.43. The SMILES string of the molecule is CNN(C=O)C(C)CN. The molecule has 0 aliphatic carbocycles. The van der Waals surface area contributed by atoms with E-state index in [1.54, 1.807) is 7.05 Å². The van der Waals surface area contributed by atoms with E-state index in [0.29, 0.717) is 6.54 Å². The van der Waals surface area contributed by atoms with Gasteiger partial charge in [-0.3, -0.25) is 9.80 Å². The van der Waals surface area contributed by atoms with Crippen molar-refractivity contribution in [2.75, 3.05) is 13.6 Å². The maximum absolute atomic E-state index is 10.1. The molecule has 0 saturated carbocycles. The summed E-state index contributed by atoms with van der Waals surface area (Å²) in [4.78, 5) is 10.1. The van der Waals surface area contributed by atoms with Crippen LogP contribution in [-0.4, -0.2) is 31.1 Å². The first-order valence-electron chi connectivity index (χ1n) is 2.87. The molecule has 0 fully saturated rings. The molecule has 3 N–H and O–H groups in total. The van der Waals surface area contributed by atoms with E-state index in [-0.39, 0.29) is 6.04 Å². The molecule has 4 heteroatoms. The maximum atomic E-state index is 10.1. The van der Waals surface area contributed by atoms with Crippen molar-refractivity contribution >= 4 is 6.41 Å². The van der Waals surface area contributed by atoms with Crippen LogP contribution < -0.4 is 11.2 Å². The molecule has 0 radical (unpaired) electrons. The van der Waals surface area contributed by atoms with Crippen LogP contribution in [0.25, 0.3) is 0 Å². The lowest BCUT2D eigenvalue weighted by Crippen LogP contribution is -2.44. The first kappa shape index (κ1) is 8.39. The Kier molecular flexibility index (Phi) is 4.00. The average molecular weight is 131 g/mol. The monoisotopic (exact) mass is 131 g/mol. The fourth-order valence-corrected chi connectivity index (χ4v) is 0.491. The van der Waals surface area contributed by atoms with Crippen molar-refractivity contribution in [1.29, 1.82) is 0 Å². The van der Waals surface area contributed by atoms with Crippen LogP contribution in [-0.2, 0) is 4.79 Å². The zero-order valence-electron chi connectivity index (χ0n) is 5.79. The summed E-state index contributed by atoms with van der Waals surface area (Å²) in [5.41, 5.74) is 7.97. The van der Waals surface area contributed by atoms with Gasteiger partial charge in [-0.25, -0.2) is 5.43 Å². The van der Waals surface area contributed by atoms with Gasteiger partial charge in [0, 0.05) is 13.6 Å². The molecule has 0 bridgehead atoms. The first-order valence-corrected chi connectivity index (χ1v) is 2.87. The highest BCUT2D eigenvalue weighted by Gasteiger charge is 2.05. The van der Waals surface area contributed by atoms with Gasteiger partial charge in [0.15, 0.2) is 0 Å². The van der Waals surface area contributed by atoms with Crippen LogP contribution in [0, 0.1) is 0 Å². The van der Waals surface area contributed by atoms with Crippen molar-refractivity contribution in [1.82, 2.24) is 10.4 Å². The highest BCUT2D eigenvalue weighted by molar-refractivity contribution is 5.46. The molecular weight excluding hydrogens is 118 g/mol. The quantitative estimate of drug-likeness (QED) is 0.377. The van der Waals surface area contributed by atoms with Gasteiger partial charge in [-0.05, 0) is 6.92 Å². The minimum atomic E-state index is 0.0625. The Labute approximate surface area is 55.0 Å². The number of nitrogens with two attached hydrogens (primary N) is 1. The smallest absolute Gasteiger partial charge is 0.224 e. The molecule has 1 unspecified atom stereocenters. The van der Waals surface area contributed by atoms with Crippen LogP contribution >= 0.6 is 0 Å². The van der Waals surface area contributed by atoms with Gasteiger partial charge in [0.25, 0.3) is 0 Å². The number of carbonyl (C=O) groups excluding carboxylic acids is 1. The Hall–Kier alpha value is -0.610. The highest BCUT2D eigenvalue weighted by Crippen LogP contribution is 1.85. The summed E-state index contributed by atoms with van der Waals surface area (Å²) in [5.74, 6) is 0. The van der Waals surface area contributed by atoms with Gasteiger partial charge in [0.05, 0.1) is 6.04 Å². The van der Waals surface area contributed by atoms with Crippen molar-refractivity contribution in [3.8, 4) is 0 Å². The van der Waals surface area contributed by atoms with Crippen LogP contribution in [0.3, 0.4) is 0 Å². The summed E-state index contributed by atoms with van der Waals surface area (Å²) < 4.78 is 0. The molecule has 0 spiro atoms. The van der Waals surface area contributed by atoms with E-state index in [0.717, 1.165) is 6.41 Å². The van der Waals surface area contributed by atoms with Crippen molar-refractivity contribution in [3.63, 3.8) is 0 Å². The van der Waals surface area contributed by atoms with Crippen molar-refractivity contribution in [3.05, 3.63) is 0 Å². The molecule has 0 saturated heterocycles. The summed E-state index contributed by atoms with van der Waals surface area (Å²) in [6.45, 7) is 2.34. The normalized spacial score (nSPS) is 12.8. The summed E-state index contributed by atoms with van der Waals surface area (Å²) >= 11 is 0. The van der Waals surface area contributed by atoms with E-state index in [1.807, 2.05) is 6.92 Å². The number of hydrogen-bond acceptors (Lipinski definition) is 3. The summed E-state index contributed by atoms with van der Waals surface area (Å²) in [5, 5.41) is 1.42. The van der Waals surface area contributed by atoms with E-state index >= 15 is 0 Å². The van der Waals surface area contributed by atoms with Gasteiger partial charge in [-0.15, -0.1) is 0 Å². The van der Waals surface area contributed by atoms with Gasteiger partial charge in [-0.2, -0.15) is 0 Å². The maximum Gasteiger partial charge on any atom is 0.224 e. The Bertz CT molecular complexity index is 86.3. The number of hydrazine groups is 1. The number of rotatable bonds is 4. The lowest BCUT2D eigenvalue weighted by atomic mass is 10.3. The fraction of sp³-hybridized carbons (Fsp3) is 0.800. The largest absolute Gasteiger partial charge is 0.328 e. The number of nitrogens with one attached hydrogen (secondary N) is 1. The predicted octanol–water partition coefficient (Wildman–Crippen LogP) is -1.07. The third-order valence-electron chi connectivity index (χ3n) is 1.19. The zero-order chi connectivity index (χ0) is 7.28. The molecular formula is C5H13N3O.